The van der Waals surface area contributed by atoms with Gasteiger partial charge in [-0.05, 0) is 48.2 Å². The van der Waals surface area contributed by atoms with Crippen molar-refractivity contribution in [2.24, 2.45) is 0 Å². The molecule has 0 aliphatic carbocycles. The van der Waals surface area contributed by atoms with Gasteiger partial charge in [0.25, 0.3) is 11.5 Å². The zero-order chi connectivity index (χ0) is 19.7. The van der Waals surface area contributed by atoms with Crippen LogP contribution < -0.4 is 10.9 Å². The molecule has 1 amide bonds. The van der Waals surface area contributed by atoms with Crippen molar-refractivity contribution in [1.82, 2.24) is 15.1 Å². The number of aromatic nitrogens is 2. The van der Waals surface area contributed by atoms with Crippen LogP contribution in [0.5, 0.6) is 0 Å². The number of fused-ring (bicyclic) bond motifs is 1. The molecule has 0 radical (unpaired) electrons. The molecule has 0 fully saturated rings. The molecule has 28 heavy (non-hydrogen) atoms. The first-order chi connectivity index (χ1) is 13.5. The van der Waals surface area contributed by atoms with Gasteiger partial charge < -0.3 is 5.32 Å². The zero-order valence-electron chi connectivity index (χ0n) is 14.9. The fraction of sp³-hybridized carbons (Fsp3) is 0.0952. The topological polar surface area (TPSA) is 64.0 Å². The summed E-state index contributed by atoms with van der Waals surface area (Å²) in [4.78, 5) is 25.8. The van der Waals surface area contributed by atoms with E-state index >= 15 is 0 Å². The van der Waals surface area contributed by atoms with E-state index in [1.807, 2.05) is 43.3 Å². The van der Waals surface area contributed by atoms with Gasteiger partial charge >= 0.3 is 0 Å². The predicted molar refractivity (Wildman–Crippen MR) is 113 cm³/mol. The van der Waals surface area contributed by atoms with Crippen LogP contribution in [0.25, 0.3) is 15.8 Å². The molecule has 0 saturated heterocycles. The Morgan fingerprint density at radius 2 is 1.93 bits per heavy atom. The number of nitrogens with one attached hydrogen (secondary N) is 1. The molecule has 0 spiro atoms. The van der Waals surface area contributed by atoms with Crippen LogP contribution in [0, 0.1) is 0 Å². The summed E-state index contributed by atoms with van der Waals surface area (Å²) in [6.07, 6.45) is 0. The first-order valence-corrected chi connectivity index (χ1v) is 9.92. The second kappa shape index (κ2) is 7.58. The van der Waals surface area contributed by atoms with E-state index in [4.69, 9.17) is 11.6 Å². The Bertz CT molecular complexity index is 1220. The molecule has 140 valence electrons. The minimum Gasteiger partial charge on any atom is -0.344 e. The van der Waals surface area contributed by atoms with Crippen LogP contribution in [-0.2, 0) is 0 Å². The van der Waals surface area contributed by atoms with Gasteiger partial charge in [0.2, 0.25) is 0 Å². The molecule has 2 aromatic carbocycles. The van der Waals surface area contributed by atoms with E-state index in [0.29, 0.717) is 20.8 Å². The molecule has 1 N–H and O–H groups in total. The van der Waals surface area contributed by atoms with Crippen molar-refractivity contribution in [2.45, 2.75) is 13.0 Å². The number of carbonyl (C=O) groups is 1. The van der Waals surface area contributed by atoms with E-state index in [9.17, 15) is 9.59 Å². The smallest absolute Gasteiger partial charge is 0.280 e. The second-order valence-corrected chi connectivity index (χ2v) is 7.67. The molecule has 2 heterocycles. The van der Waals surface area contributed by atoms with Crippen LogP contribution in [0.2, 0.25) is 5.02 Å². The molecule has 0 unspecified atom stereocenters. The van der Waals surface area contributed by atoms with Crippen LogP contribution in [0.15, 0.2) is 70.8 Å². The highest BCUT2D eigenvalue weighted by Crippen LogP contribution is 2.23. The van der Waals surface area contributed by atoms with Gasteiger partial charge in [-0.25, -0.2) is 0 Å². The maximum Gasteiger partial charge on any atom is 0.280 e. The summed E-state index contributed by atoms with van der Waals surface area (Å²) >= 11 is 7.38. The highest BCUT2D eigenvalue weighted by atomic mass is 35.5. The Kier molecular flexibility index (Phi) is 4.98. The van der Waals surface area contributed by atoms with Crippen molar-refractivity contribution in [3.8, 4) is 5.69 Å². The Morgan fingerprint density at radius 3 is 2.68 bits per heavy atom. The quantitative estimate of drug-likeness (QED) is 0.536. The summed E-state index contributed by atoms with van der Waals surface area (Å²) in [5.74, 6) is -0.343. The lowest BCUT2D eigenvalue weighted by atomic mass is 10.1. The van der Waals surface area contributed by atoms with E-state index in [0.717, 1.165) is 5.56 Å². The average molecular weight is 410 g/mol. The molecule has 5 nitrogen and oxygen atoms in total. The molecule has 1 atom stereocenters. The molecule has 0 aliphatic heterocycles. The molecule has 7 heteroatoms. The summed E-state index contributed by atoms with van der Waals surface area (Å²) in [7, 11) is 0. The van der Waals surface area contributed by atoms with Crippen LogP contribution in [-0.4, -0.2) is 15.7 Å². The Balaban J connectivity index is 1.76. The molecular weight excluding hydrogens is 394 g/mol. The normalized spacial score (nSPS) is 12.1. The highest BCUT2D eigenvalue weighted by molar-refractivity contribution is 7.17. The molecular formula is C21H16ClN3O2S. The number of thiophene rings is 1. The number of halogens is 1. The van der Waals surface area contributed by atoms with E-state index < -0.39 is 0 Å². The van der Waals surface area contributed by atoms with Gasteiger partial charge in [-0.3, -0.25) is 9.59 Å². The van der Waals surface area contributed by atoms with Crippen molar-refractivity contribution in [2.75, 3.05) is 0 Å². The van der Waals surface area contributed by atoms with E-state index in [-0.39, 0.29) is 23.2 Å². The molecule has 4 aromatic rings. The summed E-state index contributed by atoms with van der Waals surface area (Å²) in [5.41, 5.74) is 1.47. The van der Waals surface area contributed by atoms with Crippen molar-refractivity contribution in [3.05, 3.63) is 92.7 Å². The number of rotatable bonds is 4. The lowest BCUT2D eigenvalue weighted by Gasteiger charge is -2.15. The second-order valence-electron chi connectivity index (χ2n) is 6.31. The summed E-state index contributed by atoms with van der Waals surface area (Å²) in [5, 5.41) is 10.2. The van der Waals surface area contributed by atoms with E-state index in [2.05, 4.69) is 10.4 Å². The fourth-order valence-electron chi connectivity index (χ4n) is 2.98. The first-order valence-electron chi connectivity index (χ1n) is 8.67. The van der Waals surface area contributed by atoms with Crippen LogP contribution in [0.3, 0.4) is 0 Å². The largest absolute Gasteiger partial charge is 0.344 e. The summed E-state index contributed by atoms with van der Waals surface area (Å²) in [6, 6.07) is 17.9. The minimum absolute atomic E-state index is 0.224. The summed E-state index contributed by atoms with van der Waals surface area (Å²) < 4.78 is 1.85. The van der Waals surface area contributed by atoms with Gasteiger partial charge in [0.1, 0.15) is 0 Å². The van der Waals surface area contributed by atoms with Gasteiger partial charge in [-0.2, -0.15) is 9.78 Å². The average Bonchev–Trinajstić information content (AvgIpc) is 3.19. The maximum absolute atomic E-state index is 13.0. The number of carbonyl (C=O) groups excluding carboxylic acids is 1. The molecule has 0 bridgehead atoms. The fourth-order valence-corrected chi connectivity index (χ4v) is 4.05. The molecule has 4 rings (SSSR count). The van der Waals surface area contributed by atoms with E-state index in [1.54, 1.807) is 29.6 Å². The Hall–Kier alpha value is -2.96. The SMILES string of the molecule is C[C@@H](NC(=O)c1nn(-c2ccccc2)c(=O)c2ccsc12)c1cccc(Cl)c1. The predicted octanol–water partition coefficient (Wildman–Crippen LogP) is 4.59. The van der Waals surface area contributed by atoms with Crippen LogP contribution in [0.1, 0.15) is 29.0 Å². The highest BCUT2D eigenvalue weighted by Gasteiger charge is 2.20. The number of para-hydroxylation sites is 1. The first kappa shape index (κ1) is 18.4. The standard InChI is InChI=1S/C21H16ClN3O2S/c1-13(14-6-5-7-15(22)12-14)23-20(26)18-19-17(10-11-28-19)21(27)25(24-18)16-8-3-2-4-9-16/h2-13H,1H3,(H,23,26)/t13-/m1/s1. The monoisotopic (exact) mass is 409 g/mol. The van der Waals surface area contributed by atoms with Gasteiger partial charge in [-0.1, -0.05) is 41.9 Å². The number of amides is 1. The van der Waals surface area contributed by atoms with Gasteiger partial charge in [-0.15, -0.1) is 11.3 Å². The van der Waals surface area contributed by atoms with Gasteiger partial charge in [0, 0.05) is 5.02 Å². The van der Waals surface area contributed by atoms with E-state index in [1.165, 1.54) is 16.0 Å². The van der Waals surface area contributed by atoms with Crippen molar-refractivity contribution in [1.29, 1.82) is 0 Å². The third-order valence-corrected chi connectivity index (χ3v) is 5.57. The minimum atomic E-state index is -0.343. The Morgan fingerprint density at radius 1 is 1.14 bits per heavy atom. The molecule has 0 saturated carbocycles. The van der Waals surface area contributed by atoms with Crippen LogP contribution in [0.4, 0.5) is 0 Å². The third-order valence-electron chi connectivity index (χ3n) is 4.42. The van der Waals surface area contributed by atoms with Crippen molar-refractivity contribution in [3.63, 3.8) is 0 Å². The molecule has 0 aliphatic rings. The number of hydrogen-bond acceptors (Lipinski definition) is 4. The zero-order valence-corrected chi connectivity index (χ0v) is 16.5. The third kappa shape index (κ3) is 3.44. The number of nitrogens with zero attached hydrogens (tertiary/aromatic N) is 2. The lowest BCUT2D eigenvalue weighted by Crippen LogP contribution is -2.31. The van der Waals surface area contributed by atoms with Gasteiger partial charge in [0.15, 0.2) is 5.69 Å². The molecule has 2 aromatic heterocycles. The van der Waals surface area contributed by atoms with Gasteiger partial charge in [0.05, 0.1) is 21.8 Å². The number of benzene rings is 2. The lowest BCUT2D eigenvalue weighted by molar-refractivity contribution is 0.0935. The maximum atomic E-state index is 13.0. The number of hydrogen-bond donors (Lipinski definition) is 1. The summed E-state index contributed by atoms with van der Waals surface area (Å²) in [6.45, 7) is 1.88. The van der Waals surface area contributed by atoms with Crippen molar-refractivity contribution < 1.29 is 4.79 Å². The van der Waals surface area contributed by atoms with Crippen LogP contribution >= 0.6 is 22.9 Å². The Labute approximate surface area is 170 Å². The van der Waals surface area contributed by atoms with Crippen molar-refractivity contribution >= 4 is 38.9 Å².